The molecule has 0 radical (unpaired) electrons. The lowest BCUT2D eigenvalue weighted by Gasteiger charge is -2.30. The summed E-state index contributed by atoms with van der Waals surface area (Å²) in [4.78, 5) is 12.8. The van der Waals surface area contributed by atoms with Gasteiger partial charge < -0.3 is 4.90 Å². The fraction of sp³-hybridized carbons (Fsp3) is 0.444. The summed E-state index contributed by atoms with van der Waals surface area (Å²) in [5.74, 6) is 0.291. The summed E-state index contributed by atoms with van der Waals surface area (Å²) in [5, 5.41) is 15.5. The highest BCUT2D eigenvalue weighted by Gasteiger charge is 2.31. The second-order valence-electron chi connectivity index (χ2n) is 7.01. The normalized spacial score (nSPS) is 18.4. The van der Waals surface area contributed by atoms with Crippen molar-refractivity contribution in [2.24, 2.45) is 5.92 Å². The highest BCUT2D eigenvalue weighted by atomic mass is 32.2. The van der Waals surface area contributed by atoms with Crippen LogP contribution in [-0.2, 0) is 16.6 Å². The van der Waals surface area contributed by atoms with Gasteiger partial charge in [0.05, 0.1) is 9.82 Å². The molecule has 2 aromatic rings. The van der Waals surface area contributed by atoms with Gasteiger partial charge in [-0.15, -0.1) is 0 Å². The number of rotatable bonds is 6. The van der Waals surface area contributed by atoms with E-state index in [1.165, 1.54) is 22.5 Å². The topological polar surface area (TPSA) is 83.8 Å². The number of benzene rings is 1. The van der Waals surface area contributed by atoms with E-state index >= 15 is 0 Å². The number of nitrogens with zero attached hydrogens (tertiary/aromatic N) is 3. The van der Waals surface area contributed by atoms with Crippen LogP contribution in [0.15, 0.2) is 39.9 Å². The van der Waals surface area contributed by atoms with Gasteiger partial charge in [0, 0.05) is 32.7 Å². The van der Waals surface area contributed by atoms with Crippen LogP contribution in [0.3, 0.4) is 0 Å². The molecule has 0 N–H and O–H groups in total. The average Bonchev–Trinajstić information content (AvgIpc) is 3.14. The molecule has 0 amide bonds. The summed E-state index contributed by atoms with van der Waals surface area (Å²) >= 11 is 1.56. The van der Waals surface area contributed by atoms with E-state index in [9.17, 15) is 18.5 Å². The first-order valence-corrected chi connectivity index (χ1v) is 11.2. The van der Waals surface area contributed by atoms with Crippen molar-refractivity contribution in [2.45, 2.75) is 31.2 Å². The number of nitro groups is 1. The fourth-order valence-corrected chi connectivity index (χ4v) is 5.67. The molecule has 0 spiro atoms. The molecule has 1 aliphatic heterocycles. The van der Waals surface area contributed by atoms with Crippen molar-refractivity contribution in [2.75, 3.05) is 25.0 Å². The van der Waals surface area contributed by atoms with Gasteiger partial charge in [0.1, 0.15) is 5.69 Å². The van der Waals surface area contributed by atoms with Crippen molar-refractivity contribution >= 4 is 32.7 Å². The van der Waals surface area contributed by atoms with Crippen molar-refractivity contribution in [3.63, 3.8) is 0 Å². The van der Waals surface area contributed by atoms with E-state index < -0.39 is 14.9 Å². The first kappa shape index (κ1) is 19.8. The molecule has 1 fully saturated rings. The maximum atomic E-state index is 12.9. The molecule has 146 valence electrons. The molecule has 7 nitrogen and oxygen atoms in total. The van der Waals surface area contributed by atoms with Crippen LogP contribution in [-0.4, -0.2) is 37.8 Å². The predicted molar refractivity (Wildman–Crippen MR) is 107 cm³/mol. The van der Waals surface area contributed by atoms with E-state index in [2.05, 4.69) is 0 Å². The molecule has 0 aliphatic carbocycles. The fourth-order valence-electron chi connectivity index (χ4n) is 3.39. The standard InChI is InChI=1S/C18H23N3O4S2/c1-14-4-3-8-20(11-14)27(24,25)16-5-6-17(18(10-16)21(22)23)19(2)12-15-7-9-26-13-15/h5-7,9-10,13-14H,3-4,8,11-12H2,1-2H3. The molecule has 0 saturated carbocycles. The first-order valence-electron chi connectivity index (χ1n) is 8.80. The quantitative estimate of drug-likeness (QED) is 0.536. The van der Waals surface area contributed by atoms with E-state index in [0.29, 0.717) is 31.2 Å². The maximum Gasteiger partial charge on any atom is 0.293 e. The molecule has 1 aromatic carbocycles. The van der Waals surface area contributed by atoms with Crippen LogP contribution < -0.4 is 4.90 Å². The van der Waals surface area contributed by atoms with Crippen LogP contribution >= 0.6 is 11.3 Å². The molecule has 3 rings (SSSR count). The largest absolute Gasteiger partial charge is 0.365 e. The van der Waals surface area contributed by atoms with Gasteiger partial charge in [0.15, 0.2) is 0 Å². The van der Waals surface area contributed by atoms with Crippen LogP contribution in [0, 0.1) is 16.0 Å². The van der Waals surface area contributed by atoms with Gasteiger partial charge in [-0.3, -0.25) is 10.1 Å². The molecular weight excluding hydrogens is 386 g/mol. The van der Waals surface area contributed by atoms with Crippen molar-refractivity contribution in [1.29, 1.82) is 0 Å². The zero-order chi connectivity index (χ0) is 19.6. The number of piperidine rings is 1. The summed E-state index contributed by atoms with van der Waals surface area (Å²) in [7, 11) is -1.97. The monoisotopic (exact) mass is 409 g/mol. The predicted octanol–water partition coefficient (Wildman–Crippen LogP) is 3.71. The Labute approximate surface area is 163 Å². The Kier molecular flexibility index (Phi) is 5.83. The van der Waals surface area contributed by atoms with Gasteiger partial charge in [0.25, 0.3) is 5.69 Å². The van der Waals surface area contributed by atoms with Gasteiger partial charge in [0.2, 0.25) is 10.0 Å². The maximum absolute atomic E-state index is 12.9. The zero-order valence-corrected chi connectivity index (χ0v) is 17.0. The average molecular weight is 410 g/mol. The van der Waals surface area contributed by atoms with E-state index in [1.807, 2.05) is 23.8 Å². The van der Waals surface area contributed by atoms with Gasteiger partial charge in [-0.1, -0.05) is 6.92 Å². The van der Waals surface area contributed by atoms with Crippen LogP contribution in [0.5, 0.6) is 0 Å². The number of thiophene rings is 1. The van der Waals surface area contributed by atoms with Crippen LogP contribution in [0.25, 0.3) is 0 Å². The Morgan fingerprint density at radius 1 is 1.37 bits per heavy atom. The number of hydrogen-bond donors (Lipinski definition) is 0. The van der Waals surface area contributed by atoms with E-state index in [0.717, 1.165) is 18.4 Å². The minimum Gasteiger partial charge on any atom is -0.365 e. The number of anilines is 1. The van der Waals surface area contributed by atoms with E-state index in [1.54, 1.807) is 23.3 Å². The molecule has 1 atom stereocenters. The Morgan fingerprint density at radius 2 is 2.15 bits per heavy atom. The molecule has 1 aromatic heterocycles. The second-order valence-corrected chi connectivity index (χ2v) is 9.72. The Balaban J connectivity index is 1.92. The van der Waals surface area contributed by atoms with Gasteiger partial charge in [-0.25, -0.2) is 8.42 Å². The van der Waals surface area contributed by atoms with Crippen molar-refractivity contribution in [1.82, 2.24) is 4.31 Å². The summed E-state index contributed by atoms with van der Waals surface area (Å²) < 4.78 is 27.3. The van der Waals surface area contributed by atoms with E-state index in [4.69, 9.17) is 0 Å². The van der Waals surface area contributed by atoms with E-state index in [-0.39, 0.29) is 10.6 Å². The lowest BCUT2D eigenvalue weighted by molar-refractivity contribution is -0.384. The summed E-state index contributed by atoms with van der Waals surface area (Å²) in [5.41, 5.74) is 1.26. The van der Waals surface area contributed by atoms with Gasteiger partial charge >= 0.3 is 0 Å². The lowest BCUT2D eigenvalue weighted by atomic mass is 10.0. The van der Waals surface area contributed by atoms with Crippen molar-refractivity contribution in [3.8, 4) is 0 Å². The molecular formula is C18H23N3O4S2. The minimum atomic E-state index is -3.73. The van der Waals surface area contributed by atoms with Gasteiger partial charge in [-0.05, 0) is 53.3 Å². The smallest absolute Gasteiger partial charge is 0.293 e. The summed E-state index contributed by atoms with van der Waals surface area (Å²) in [6.07, 6.45) is 1.81. The van der Waals surface area contributed by atoms with Crippen LogP contribution in [0.4, 0.5) is 11.4 Å². The highest BCUT2D eigenvalue weighted by Crippen LogP contribution is 2.33. The first-order chi connectivity index (χ1) is 12.8. The SMILES string of the molecule is CC1CCCN(S(=O)(=O)c2ccc(N(C)Cc3ccsc3)c([N+](=O)[O-])c2)C1. The van der Waals surface area contributed by atoms with Crippen LogP contribution in [0.2, 0.25) is 0 Å². The number of hydrogen-bond acceptors (Lipinski definition) is 6. The third-order valence-corrected chi connectivity index (χ3v) is 7.41. The van der Waals surface area contributed by atoms with Crippen molar-refractivity contribution < 1.29 is 13.3 Å². The van der Waals surface area contributed by atoms with Gasteiger partial charge in [-0.2, -0.15) is 15.6 Å². The molecule has 2 heterocycles. The lowest BCUT2D eigenvalue weighted by Crippen LogP contribution is -2.39. The second kappa shape index (κ2) is 7.95. The summed E-state index contributed by atoms with van der Waals surface area (Å²) in [6, 6.07) is 6.16. The molecule has 0 bridgehead atoms. The summed E-state index contributed by atoms with van der Waals surface area (Å²) in [6.45, 7) is 3.45. The van der Waals surface area contributed by atoms with Crippen molar-refractivity contribution in [3.05, 3.63) is 50.7 Å². The molecule has 27 heavy (non-hydrogen) atoms. The molecule has 1 saturated heterocycles. The molecule has 1 unspecified atom stereocenters. The zero-order valence-electron chi connectivity index (χ0n) is 15.4. The number of sulfonamides is 1. The molecule has 1 aliphatic rings. The minimum absolute atomic E-state index is 0.0176. The molecule has 9 heteroatoms. The third kappa shape index (κ3) is 4.31. The Bertz CT molecular complexity index is 913. The van der Waals surface area contributed by atoms with Crippen LogP contribution in [0.1, 0.15) is 25.3 Å². The Morgan fingerprint density at radius 3 is 2.78 bits per heavy atom. The number of nitro benzene ring substituents is 1. The Hall–Kier alpha value is -1.97. The highest BCUT2D eigenvalue weighted by molar-refractivity contribution is 7.89. The third-order valence-electron chi connectivity index (χ3n) is 4.81.